The molecule has 1 aliphatic rings. The zero-order valence-corrected chi connectivity index (χ0v) is 19.7. The Kier molecular flexibility index (Phi) is 13.8. The van der Waals surface area contributed by atoms with Crippen molar-refractivity contribution in [2.75, 3.05) is 53.6 Å². The van der Waals surface area contributed by atoms with Crippen molar-refractivity contribution in [2.24, 2.45) is 4.99 Å². The summed E-state index contributed by atoms with van der Waals surface area (Å²) in [6.07, 6.45) is 2.53. The van der Waals surface area contributed by atoms with Crippen LogP contribution in [-0.4, -0.2) is 82.2 Å². The number of carbonyl (C=O) groups excluding carboxylic acids is 1. The van der Waals surface area contributed by atoms with Crippen LogP contribution < -0.4 is 10.6 Å². The lowest BCUT2D eigenvalue weighted by Crippen LogP contribution is -2.44. The SMILES string of the molecule is CN=C(NCCCCOCCOC)N1CCC(NC(=O)OC(C)(C)C)C1.I. The van der Waals surface area contributed by atoms with E-state index in [1.165, 1.54) is 0 Å². The number of likely N-dealkylation sites (tertiary alicyclic amines) is 1. The molecular weight excluding hydrogens is 463 g/mol. The summed E-state index contributed by atoms with van der Waals surface area (Å²) >= 11 is 0. The number of unbranched alkanes of at least 4 members (excludes halogenated alkanes) is 1. The van der Waals surface area contributed by atoms with Gasteiger partial charge in [0.15, 0.2) is 5.96 Å². The monoisotopic (exact) mass is 500 g/mol. The molecule has 160 valence electrons. The second kappa shape index (κ2) is 14.2. The van der Waals surface area contributed by atoms with Gasteiger partial charge >= 0.3 is 6.09 Å². The zero-order valence-electron chi connectivity index (χ0n) is 17.4. The fraction of sp³-hybridized carbons (Fsp3) is 0.889. The number of rotatable bonds is 9. The Balaban J connectivity index is 0.00000676. The Hall–Kier alpha value is -0.810. The minimum absolute atomic E-state index is 0. The molecule has 0 radical (unpaired) electrons. The molecule has 0 aromatic carbocycles. The van der Waals surface area contributed by atoms with Crippen LogP contribution in [0.15, 0.2) is 4.99 Å². The number of aliphatic imine (C=N–C) groups is 1. The molecule has 1 amide bonds. The second-order valence-electron chi connectivity index (χ2n) is 7.36. The smallest absolute Gasteiger partial charge is 0.407 e. The molecule has 1 unspecified atom stereocenters. The van der Waals surface area contributed by atoms with E-state index >= 15 is 0 Å². The third-order valence-electron chi connectivity index (χ3n) is 3.85. The minimum Gasteiger partial charge on any atom is -0.444 e. The Bertz CT molecular complexity index is 444. The van der Waals surface area contributed by atoms with Gasteiger partial charge in [-0.25, -0.2) is 4.79 Å². The lowest BCUT2D eigenvalue weighted by Gasteiger charge is -2.23. The number of nitrogens with one attached hydrogen (secondary N) is 2. The van der Waals surface area contributed by atoms with Gasteiger partial charge in [0.1, 0.15) is 5.60 Å². The van der Waals surface area contributed by atoms with Crippen LogP contribution in [0.3, 0.4) is 0 Å². The van der Waals surface area contributed by atoms with Crippen molar-refractivity contribution in [1.29, 1.82) is 0 Å². The Morgan fingerprint density at radius 2 is 1.96 bits per heavy atom. The highest BCUT2D eigenvalue weighted by molar-refractivity contribution is 14.0. The van der Waals surface area contributed by atoms with Crippen LogP contribution in [-0.2, 0) is 14.2 Å². The van der Waals surface area contributed by atoms with Gasteiger partial charge < -0.3 is 29.7 Å². The van der Waals surface area contributed by atoms with Crippen LogP contribution in [0.5, 0.6) is 0 Å². The second-order valence-corrected chi connectivity index (χ2v) is 7.36. The van der Waals surface area contributed by atoms with Gasteiger partial charge in [-0.15, -0.1) is 24.0 Å². The number of carbonyl (C=O) groups is 1. The highest BCUT2D eigenvalue weighted by Gasteiger charge is 2.27. The zero-order chi connectivity index (χ0) is 19.4. The van der Waals surface area contributed by atoms with Crippen LogP contribution in [0.1, 0.15) is 40.0 Å². The summed E-state index contributed by atoms with van der Waals surface area (Å²) in [5.41, 5.74) is -0.479. The summed E-state index contributed by atoms with van der Waals surface area (Å²) in [5, 5.41) is 6.31. The first-order chi connectivity index (χ1) is 12.4. The molecule has 0 aliphatic carbocycles. The van der Waals surface area contributed by atoms with E-state index in [-0.39, 0.29) is 36.1 Å². The molecule has 9 heteroatoms. The molecule has 1 aliphatic heterocycles. The average Bonchev–Trinajstić information content (AvgIpc) is 2.99. The highest BCUT2D eigenvalue weighted by atomic mass is 127. The normalized spacial score (nSPS) is 17.4. The topological polar surface area (TPSA) is 84.4 Å². The fourth-order valence-corrected chi connectivity index (χ4v) is 2.65. The van der Waals surface area contributed by atoms with Gasteiger partial charge in [0, 0.05) is 40.4 Å². The maximum Gasteiger partial charge on any atom is 0.407 e. The van der Waals surface area contributed by atoms with Gasteiger partial charge in [0.05, 0.1) is 19.3 Å². The summed E-state index contributed by atoms with van der Waals surface area (Å²) in [6, 6.07) is 0.0811. The van der Waals surface area contributed by atoms with E-state index in [2.05, 4.69) is 20.5 Å². The van der Waals surface area contributed by atoms with E-state index in [9.17, 15) is 4.79 Å². The van der Waals surface area contributed by atoms with Gasteiger partial charge in [-0.2, -0.15) is 0 Å². The summed E-state index contributed by atoms with van der Waals surface area (Å²) in [5.74, 6) is 0.874. The maximum absolute atomic E-state index is 11.9. The molecule has 1 atom stereocenters. The van der Waals surface area contributed by atoms with Crippen molar-refractivity contribution in [3.8, 4) is 0 Å². The van der Waals surface area contributed by atoms with Gasteiger partial charge in [-0.1, -0.05) is 0 Å². The molecule has 1 saturated heterocycles. The number of hydrogen-bond acceptors (Lipinski definition) is 5. The van der Waals surface area contributed by atoms with Crippen molar-refractivity contribution in [3.63, 3.8) is 0 Å². The van der Waals surface area contributed by atoms with Crippen molar-refractivity contribution in [2.45, 2.75) is 51.7 Å². The van der Waals surface area contributed by atoms with E-state index in [4.69, 9.17) is 14.2 Å². The molecule has 8 nitrogen and oxygen atoms in total. The third-order valence-corrected chi connectivity index (χ3v) is 3.85. The van der Waals surface area contributed by atoms with Crippen LogP contribution in [0.4, 0.5) is 4.79 Å². The number of nitrogens with zero attached hydrogens (tertiary/aromatic N) is 2. The first kappa shape index (κ1) is 26.2. The Morgan fingerprint density at radius 1 is 1.22 bits per heavy atom. The van der Waals surface area contributed by atoms with Crippen LogP contribution >= 0.6 is 24.0 Å². The lowest BCUT2D eigenvalue weighted by molar-refractivity contribution is 0.0507. The summed E-state index contributed by atoms with van der Waals surface area (Å²) in [4.78, 5) is 18.4. The summed E-state index contributed by atoms with van der Waals surface area (Å²) < 4.78 is 15.7. The molecule has 0 bridgehead atoms. The molecule has 0 saturated carbocycles. The van der Waals surface area contributed by atoms with Gasteiger partial charge in [-0.05, 0) is 40.0 Å². The van der Waals surface area contributed by atoms with E-state index in [1.807, 2.05) is 20.8 Å². The fourth-order valence-electron chi connectivity index (χ4n) is 2.65. The number of guanidine groups is 1. The number of alkyl carbamates (subject to hydrolysis) is 1. The van der Waals surface area contributed by atoms with E-state index in [0.29, 0.717) is 13.2 Å². The quantitative estimate of drug-likeness (QED) is 0.219. The first-order valence-corrected chi connectivity index (χ1v) is 9.37. The Labute approximate surface area is 180 Å². The van der Waals surface area contributed by atoms with Gasteiger partial charge in [-0.3, -0.25) is 4.99 Å². The summed E-state index contributed by atoms with van der Waals surface area (Å²) in [6.45, 7) is 10.1. The maximum atomic E-state index is 11.9. The first-order valence-electron chi connectivity index (χ1n) is 9.37. The number of halogens is 1. The number of amides is 1. The van der Waals surface area contributed by atoms with Crippen LogP contribution in [0.2, 0.25) is 0 Å². The third kappa shape index (κ3) is 12.3. The molecule has 1 rings (SSSR count). The van der Waals surface area contributed by atoms with Crippen molar-refractivity contribution >= 4 is 36.0 Å². The van der Waals surface area contributed by atoms with E-state index in [1.54, 1.807) is 14.2 Å². The van der Waals surface area contributed by atoms with E-state index in [0.717, 1.165) is 51.5 Å². The molecule has 1 fully saturated rings. The van der Waals surface area contributed by atoms with Crippen molar-refractivity contribution in [1.82, 2.24) is 15.5 Å². The molecular formula is C18H37IN4O4. The average molecular weight is 500 g/mol. The predicted octanol–water partition coefficient (Wildman–Crippen LogP) is 2.22. The molecule has 0 spiro atoms. The van der Waals surface area contributed by atoms with Crippen LogP contribution in [0.25, 0.3) is 0 Å². The minimum atomic E-state index is -0.479. The van der Waals surface area contributed by atoms with E-state index < -0.39 is 5.60 Å². The van der Waals surface area contributed by atoms with Crippen LogP contribution in [0, 0.1) is 0 Å². The molecule has 0 aromatic heterocycles. The van der Waals surface area contributed by atoms with Crippen molar-refractivity contribution in [3.05, 3.63) is 0 Å². The summed E-state index contributed by atoms with van der Waals surface area (Å²) in [7, 11) is 3.45. The molecule has 27 heavy (non-hydrogen) atoms. The Morgan fingerprint density at radius 3 is 2.59 bits per heavy atom. The lowest BCUT2D eigenvalue weighted by atomic mass is 10.2. The van der Waals surface area contributed by atoms with Crippen molar-refractivity contribution < 1.29 is 19.0 Å². The largest absolute Gasteiger partial charge is 0.444 e. The standard InChI is InChI=1S/C18H36N4O4.HI/c1-18(2,3)26-17(23)21-15-8-10-22(14-15)16(19-4)20-9-6-7-11-25-13-12-24-5;/h15H,6-14H2,1-5H3,(H,19,20)(H,21,23);1H. The predicted molar refractivity (Wildman–Crippen MR) is 118 cm³/mol. The van der Waals surface area contributed by atoms with Gasteiger partial charge in [0.25, 0.3) is 0 Å². The number of hydrogen-bond donors (Lipinski definition) is 2. The molecule has 2 N–H and O–H groups in total. The highest BCUT2D eigenvalue weighted by Crippen LogP contribution is 2.12. The number of methoxy groups -OCH3 is 1. The molecule has 1 heterocycles. The van der Waals surface area contributed by atoms with Gasteiger partial charge in [0.2, 0.25) is 0 Å². The molecule has 0 aromatic rings. The number of ether oxygens (including phenoxy) is 3.